The van der Waals surface area contributed by atoms with Crippen molar-refractivity contribution in [2.45, 2.75) is 19.4 Å². The van der Waals surface area contributed by atoms with Crippen molar-refractivity contribution < 1.29 is 8.78 Å². The molecule has 0 saturated heterocycles. The van der Waals surface area contributed by atoms with E-state index in [1.807, 2.05) is 0 Å². The van der Waals surface area contributed by atoms with Gasteiger partial charge in [-0.1, -0.05) is 18.2 Å². The fraction of sp³-hybridized carbons (Fsp3) is 0.333. The molecule has 2 N–H and O–H groups in total. The number of alkyl halides is 2. The molecule has 0 aliphatic rings. The van der Waals surface area contributed by atoms with Gasteiger partial charge in [0, 0.05) is 11.6 Å². The first-order valence-corrected chi connectivity index (χ1v) is 3.75. The maximum absolute atomic E-state index is 12.2. The fourth-order valence-electron chi connectivity index (χ4n) is 0.978. The highest BCUT2D eigenvalue weighted by atomic mass is 35.5. The summed E-state index contributed by atoms with van der Waals surface area (Å²) < 4.78 is 24.3. The third kappa shape index (κ3) is 3.28. The molecule has 74 valence electrons. The van der Waals surface area contributed by atoms with E-state index in [9.17, 15) is 8.78 Å². The summed E-state index contributed by atoms with van der Waals surface area (Å²) in [4.78, 5) is 0. The lowest BCUT2D eigenvalue weighted by molar-refractivity contribution is 0.151. The summed E-state index contributed by atoms with van der Waals surface area (Å²) in [5, 5.41) is 0. The Hall–Kier alpha value is -0.670. The summed E-state index contributed by atoms with van der Waals surface area (Å²) in [6.45, 7) is 1.77. The lowest BCUT2D eigenvalue weighted by Gasteiger charge is -2.06. The van der Waals surface area contributed by atoms with Gasteiger partial charge in [-0.25, -0.2) is 8.78 Å². The fourth-order valence-corrected chi connectivity index (χ4v) is 0.978. The third-order valence-electron chi connectivity index (χ3n) is 1.69. The van der Waals surface area contributed by atoms with Gasteiger partial charge in [0.1, 0.15) is 0 Å². The molecular weight excluding hydrogens is 196 g/mol. The maximum atomic E-state index is 12.2. The van der Waals surface area contributed by atoms with E-state index >= 15 is 0 Å². The molecule has 0 spiro atoms. The predicted octanol–water partition coefficient (Wildman–Crippen LogP) is 3.07. The van der Waals surface area contributed by atoms with Gasteiger partial charge in [-0.05, 0) is 18.6 Å². The topological polar surface area (TPSA) is 26.0 Å². The number of nitrogens with two attached hydrogens (primary N) is 1. The van der Waals surface area contributed by atoms with Crippen molar-refractivity contribution in [3.05, 3.63) is 35.4 Å². The molecule has 0 radical (unpaired) electrons. The molecule has 0 fully saturated rings. The van der Waals surface area contributed by atoms with E-state index in [0.29, 0.717) is 0 Å². The number of hydrogen-bond acceptors (Lipinski definition) is 1. The second-order valence-corrected chi connectivity index (χ2v) is 2.76. The molecule has 0 heterocycles. The van der Waals surface area contributed by atoms with Gasteiger partial charge in [0.15, 0.2) is 0 Å². The average molecular weight is 208 g/mol. The first-order chi connectivity index (χ1) is 5.61. The second-order valence-electron chi connectivity index (χ2n) is 2.76. The van der Waals surface area contributed by atoms with Crippen LogP contribution in [-0.4, -0.2) is 0 Å². The monoisotopic (exact) mass is 207 g/mol. The van der Waals surface area contributed by atoms with Crippen LogP contribution in [0.2, 0.25) is 0 Å². The molecule has 1 aromatic rings. The molecule has 0 aromatic heterocycles. The normalized spacial score (nSPS) is 12.4. The van der Waals surface area contributed by atoms with Crippen molar-refractivity contribution in [2.75, 3.05) is 0 Å². The highest BCUT2D eigenvalue weighted by Crippen LogP contribution is 2.21. The Kier molecular flexibility index (Phi) is 4.88. The first-order valence-electron chi connectivity index (χ1n) is 3.75. The van der Waals surface area contributed by atoms with Crippen LogP contribution in [0.3, 0.4) is 0 Å². The lowest BCUT2D eigenvalue weighted by Crippen LogP contribution is -2.05. The Bertz CT molecular complexity index is 240. The smallest absolute Gasteiger partial charge is 0.263 e. The average Bonchev–Trinajstić information content (AvgIpc) is 2.04. The van der Waals surface area contributed by atoms with Crippen LogP contribution in [0.4, 0.5) is 8.78 Å². The van der Waals surface area contributed by atoms with E-state index in [-0.39, 0.29) is 24.0 Å². The van der Waals surface area contributed by atoms with Crippen molar-refractivity contribution in [2.24, 2.45) is 5.73 Å². The number of hydrogen-bond donors (Lipinski definition) is 1. The van der Waals surface area contributed by atoms with Crippen LogP contribution in [0.1, 0.15) is 30.5 Å². The molecule has 0 unspecified atom stereocenters. The second kappa shape index (κ2) is 5.14. The Morgan fingerprint density at radius 3 is 2.23 bits per heavy atom. The summed E-state index contributed by atoms with van der Waals surface area (Å²) in [7, 11) is 0. The largest absolute Gasteiger partial charge is 0.324 e. The van der Waals surface area contributed by atoms with Crippen molar-refractivity contribution in [1.29, 1.82) is 0 Å². The summed E-state index contributed by atoms with van der Waals surface area (Å²) in [6, 6.07) is 5.99. The molecule has 0 amide bonds. The van der Waals surface area contributed by atoms with Gasteiger partial charge in [0.2, 0.25) is 0 Å². The minimum atomic E-state index is -2.41. The van der Waals surface area contributed by atoms with Crippen molar-refractivity contribution in [1.82, 2.24) is 0 Å². The molecule has 4 heteroatoms. The van der Waals surface area contributed by atoms with Crippen LogP contribution in [0, 0.1) is 0 Å². The van der Waals surface area contributed by atoms with E-state index in [2.05, 4.69) is 0 Å². The highest BCUT2D eigenvalue weighted by molar-refractivity contribution is 5.85. The lowest BCUT2D eigenvalue weighted by atomic mass is 10.1. The van der Waals surface area contributed by atoms with Crippen LogP contribution in [0.25, 0.3) is 0 Å². The zero-order valence-electron chi connectivity index (χ0n) is 7.21. The molecule has 13 heavy (non-hydrogen) atoms. The molecule has 1 rings (SSSR count). The number of benzene rings is 1. The molecule has 0 saturated carbocycles. The summed E-state index contributed by atoms with van der Waals surface area (Å²) in [6.07, 6.45) is -2.41. The van der Waals surface area contributed by atoms with Gasteiger partial charge in [0.25, 0.3) is 6.43 Å². The minimum Gasteiger partial charge on any atom is -0.324 e. The van der Waals surface area contributed by atoms with Gasteiger partial charge in [-0.15, -0.1) is 12.4 Å². The van der Waals surface area contributed by atoms with Gasteiger partial charge in [-0.3, -0.25) is 0 Å². The van der Waals surface area contributed by atoms with Crippen molar-refractivity contribution in [3.63, 3.8) is 0 Å². The van der Waals surface area contributed by atoms with Gasteiger partial charge in [0.05, 0.1) is 0 Å². The van der Waals surface area contributed by atoms with Crippen LogP contribution in [-0.2, 0) is 0 Å². The molecule has 0 bridgehead atoms. The van der Waals surface area contributed by atoms with E-state index in [1.165, 1.54) is 12.1 Å². The summed E-state index contributed by atoms with van der Waals surface area (Å²) >= 11 is 0. The van der Waals surface area contributed by atoms with Gasteiger partial charge >= 0.3 is 0 Å². The zero-order valence-corrected chi connectivity index (χ0v) is 8.02. The highest BCUT2D eigenvalue weighted by Gasteiger charge is 2.07. The maximum Gasteiger partial charge on any atom is 0.263 e. The summed E-state index contributed by atoms with van der Waals surface area (Å²) in [5.41, 5.74) is 6.31. The molecule has 1 aromatic carbocycles. The zero-order chi connectivity index (χ0) is 9.14. The van der Waals surface area contributed by atoms with Crippen molar-refractivity contribution in [3.8, 4) is 0 Å². The molecular formula is C9H12ClF2N. The van der Waals surface area contributed by atoms with Gasteiger partial charge < -0.3 is 5.73 Å². The van der Waals surface area contributed by atoms with Crippen molar-refractivity contribution >= 4 is 12.4 Å². The molecule has 0 aliphatic heterocycles. The predicted molar refractivity (Wildman–Crippen MR) is 51.2 cm³/mol. The number of rotatable bonds is 2. The van der Waals surface area contributed by atoms with Crippen LogP contribution < -0.4 is 5.73 Å². The standard InChI is InChI=1S/C9H11F2N.ClH/c1-6(12)7-3-2-4-8(5-7)9(10)11;/h2-6,9H,12H2,1H3;1H/t6-;/m1./s1. The molecule has 1 nitrogen and oxygen atoms in total. The van der Waals surface area contributed by atoms with E-state index in [1.54, 1.807) is 19.1 Å². The van der Waals surface area contributed by atoms with Gasteiger partial charge in [-0.2, -0.15) is 0 Å². The van der Waals surface area contributed by atoms with E-state index in [4.69, 9.17) is 5.73 Å². The summed E-state index contributed by atoms with van der Waals surface area (Å²) in [5.74, 6) is 0. The molecule has 1 atom stereocenters. The number of halogens is 3. The Morgan fingerprint density at radius 2 is 1.77 bits per heavy atom. The molecule has 0 aliphatic carbocycles. The minimum absolute atomic E-state index is 0. The van der Waals surface area contributed by atoms with E-state index in [0.717, 1.165) is 5.56 Å². The van der Waals surface area contributed by atoms with Crippen LogP contribution in [0.15, 0.2) is 24.3 Å². The van der Waals surface area contributed by atoms with E-state index < -0.39 is 6.43 Å². The third-order valence-corrected chi connectivity index (χ3v) is 1.69. The van der Waals surface area contributed by atoms with Crippen LogP contribution >= 0.6 is 12.4 Å². The van der Waals surface area contributed by atoms with Crippen LogP contribution in [0.5, 0.6) is 0 Å². The quantitative estimate of drug-likeness (QED) is 0.793. The Balaban J connectivity index is 0.00000144. The Labute approximate surface area is 82.4 Å². The first kappa shape index (κ1) is 12.3. The SMILES string of the molecule is C[C@@H](N)c1cccc(C(F)F)c1.Cl. The Morgan fingerprint density at radius 1 is 1.23 bits per heavy atom.